The van der Waals surface area contributed by atoms with Crippen LogP contribution in [0.4, 0.5) is 0 Å². The number of hydrogen-bond donors (Lipinski definition) is 30. The molecule has 0 aliphatic rings. The van der Waals surface area contributed by atoms with Crippen molar-refractivity contribution in [2.45, 2.75) is 122 Å². The molecule has 0 aromatic heterocycles. The van der Waals surface area contributed by atoms with E-state index in [-0.39, 0.29) is 20.1 Å². The van der Waals surface area contributed by atoms with E-state index in [0.717, 1.165) is 0 Å². The van der Waals surface area contributed by atoms with E-state index in [2.05, 4.69) is 0 Å². The molecule has 0 saturated heterocycles. The maximum Gasteiger partial charge on any atom is 0.335 e. The van der Waals surface area contributed by atoms with Crippen molar-refractivity contribution in [2.24, 2.45) is 0 Å². The first kappa shape index (κ1) is 74.5. The molecule has 0 aliphatic heterocycles. The van der Waals surface area contributed by atoms with Gasteiger partial charge in [-0.05, 0) is 0 Å². The molecule has 1 radical (unpaired) electrons. The summed E-state index contributed by atoms with van der Waals surface area (Å²) in [5.41, 5.74) is 0. The van der Waals surface area contributed by atoms with E-state index in [1.165, 1.54) is 0 Å². The minimum atomic E-state index is -2.20. The van der Waals surface area contributed by atoms with Gasteiger partial charge in [0.25, 0.3) is 0 Å². The molecular weight excluding hydrogens is 1020 g/mol. The molecule has 397 valence electrons. The second-order valence-corrected chi connectivity index (χ2v) is 12.6. The maximum absolute atomic E-state index is 10.1. The molecule has 0 bridgehead atoms. The second-order valence-electron chi connectivity index (χ2n) is 12.6. The fraction of sp³-hybridized carbons (Fsp3) is 0.833. The first-order chi connectivity index (χ1) is 29.6. The van der Waals surface area contributed by atoms with Crippen LogP contribution in [-0.2, 0) is 44.1 Å². The van der Waals surface area contributed by atoms with Gasteiger partial charge in [0.2, 0.25) is 0 Å². The van der Waals surface area contributed by atoms with Crippen molar-refractivity contribution in [3.05, 3.63) is 0 Å². The number of rotatable bonds is 25. The number of carbonyl (C=O) groups is 5. The normalized spacial score (nSPS) is 20.1. The number of aliphatic hydroxyl groups is 25. The molecule has 35 nitrogen and oxygen atoms in total. The van der Waals surface area contributed by atoms with Gasteiger partial charge in [0.15, 0.2) is 30.5 Å². The summed E-state index contributed by atoms with van der Waals surface area (Å²) in [7, 11) is 0. The predicted octanol–water partition coefficient (Wildman–Crippen LogP) is -17.5. The smallest absolute Gasteiger partial charge is 0.335 e. The van der Waals surface area contributed by atoms with Crippen molar-refractivity contribution in [2.75, 3.05) is 33.0 Å². The van der Waals surface area contributed by atoms with Crippen LogP contribution >= 0.6 is 0 Å². The number of carboxylic acids is 5. The number of aliphatic hydroxyl groups excluding tert-OH is 25. The molecular formula is C30H60O35Tc. The molecule has 0 spiro atoms. The zero-order valence-corrected chi connectivity index (χ0v) is 35.3. The Hall–Kier alpha value is -3.00. The van der Waals surface area contributed by atoms with Gasteiger partial charge in [-0.1, -0.05) is 0 Å². The zero-order chi connectivity index (χ0) is 53.0. The molecule has 0 aromatic carbocycles. The van der Waals surface area contributed by atoms with Crippen molar-refractivity contribution in [1.82, 2.24) is 0 Å². The Labute approximate surface area is 381 Å². The van der Waals surface area contributed by atoms with Crippen LogP contribution in [0.15, 0.2) is 0 Å². The van der Waals surface area contributed by atoms with E-state index in [4.69, 9.17) is 153 Å². The van der Waals surface area contributed by atoms with Gasteiger partial charge >= 0.3 is 29.8 Å². The number of hydrogen-bond acceptors (Lipinski definition) is 30. The van der Waals surface area contributed by atoms with Gasteiger partial charge < -0.3 is 153 Å². The van der Waals surface area contributed by atoms with Gasteiger partial charge in [-0.25, -0.2) is 24.0 Å². The van der Waals surface area contributed by atoms with E-state index in [1.54, 1.807) is 0 Å². The molecule has 30 N–H and O–H groups in total. The Kier molecular flexibility index (Phi) is 43.9. The Morgan fingerprint density at radius 2 is 0.318 bits per heavy atom. The largest absolute Gasteiger partial charge is 0.479 e. The Morgan fingerprint density at radius 3 is 0.379 bits per heavy atom. The molecule has 66 heavy (non-hydrogen) atoms. The van der Waals surface area contributed by atoms with E-state index < -0.39 is 185 Å². The third-order valence-corrected chi connectivity index (χ3v) is 7.54. The van der Waals surface area contributed by atoms with E-state index in [0.29, 0.717) is 0 Å². The molecule has 0 rings (SSSR count). The summed E-state index contributed by atoms with van der Waals surface area (Å²) in [6.07, 6.45) is -39.2. The molecule has 0 heterocycles. The summed E-state index contributed by atoms with van der Waals surface area (Å²) in [5, 5.41) is 259. The Bertz CT molecular complexity index is 1080. The zero-order valence-electron chi connectivity index (χ0n) is 33.4. The molecule has 0 aromatic rings. The van der Waals surface area contributed by atoms with Crippen molar-refractivity contribution in [3.63, 3.8) is 0 Å². The maximum atomic E-state index is 10.1. The first-order valence-electron chi connectivity index (χ1n) is 17.4. The monoisotopic (exact) mass is 1080 g/mol. The molecule has 0 aliphatic carbocycles. The fourth-order valence-electron chi connectivity index (χ4n) is 3.34. The van der Waals surface area contributed by atoms with Crippen molar-refractivity contribution in [1.29, 1.82) is 0 Å². The van der Waals surface area contributed by atoms with Gasteiger partial charge in [0, 0.05) is 20.1 Å². The number of carboxylic acid groups (broad SMARTS) is 5. The predicted molar refractivity (Wildman–Crippen MR) is 194 cm³/mol. The Morgan fingerprint density at radius 1 is 0.227 bits per heavy atom. The Balaban J connectivity index is -0.000000170. The van der Waals surface area contributed by atoms with Crippen LogP contribution in [0.3, 0.4) is 0 Å². The average molecular weight is 1080 g/mol. The van der Waals surface area contributed by atoms with Gasteiger partial charge in [0.05, 0.1) is 33.0 Å². The third-order valence-electron chi connectivity index (χ3n) is 7.54. The molecule has 36 heteroatoms. The summed E-state index contributed by atoms with van der Waals surface area (Å²) in [6.45, 7) is -4.21. The third kappa shape index (κ3) is 29.0. The molecule has 0 unspecified atom stereocenters. The standard InChI is InChI=1S/5C6H12O7.Tc/c5*7-1-2(8)3(9)4(10)5(11)6(12)13;/h5*2-5,7-11H,1H2,(H,12,13);/t5*2-,3-,4+,5-;/m11111./s1. The van der Waals surface area contributed by atoms with Crippen LogP contribution in [0.1, 0.15) is 0 Å². The molecule has 0 fully saturated rings. The second kappa shape index (κ2) is 38.9. The quantitative estimate of drug-likeness (QED) is 0.0404. The SMILES string of the molecule is O=C(O)[C@H](O)[C@@H](O)[C@H](O)[C@H](O)CO.O=C(O)[C@H](O)[C@@H](O)[C@H](O)[C@H](O)CO.O=C(O)[C@H](O)[C@@H](O)[C@H](O)[C@H](O)CO.O=C(O)[C@H](O)[C@@H](O)[C@H](O)[C@H](O)CO.O=C(O)[C@H](O)[C@@H](O)[C@H](O)[C@H](O)CO.[Tc]. The van der Waals surface area contributed by atoms with Crippen LogP contribution in [0.2, 0.25) is 0 Å². The van der Waals surface area contributed by atoms with Crippen LogP contribution in [0, 0.1) is 0 Å². The topological polar surface area (TPSA) is 692 Å². The fourth-order valence-corrected chi connectivity index (χ4v) is 3.34. The van der Waals surface area contributed by atoms with Crippen LogP contribution in [-0.4, -0.2) is 338 Å². The summed E-state index contributed by atoms with van der Waals surface area (Å²) >= 11 is 0. The van der Waals surface area contributed by atoms with Crippen LogP contribution < -0.4 is 0 Å². The van der Waals surface area contributed by atoms with Crippen molar-refractivity contribution < 1.29 is 197 Å². The van der Waals surface area contributed by atoms with Crippen molar-refractivity contribution >= 4 is 29.8 Å². The average Bonchev–Trinajstić information content (AvgIpc) is 3.28. The summed E-state index contributed by atoms with van der Waals surface area (Å²) < 4.78 is 0. The van der Waals surface area contributed by atoms with E-state index in [1.807, 2.05) is 0 Å². The van der Waals surface area contributed by atoms with Crippen LogP contribution in [0.25, 0.3) is 0 Å². The van der Waals surface area contributed by atoms with E-state index in [9.17, 15) is 24.0 Å². The van der Waals surface area contributed by atoms with Gasteiger partial charge in [-0.3, -0.25) is 0 Å². The molecule has 0 amide bonds. The minimum Gasteiger partial charge on any atom is -0.479 e. The minimum absolute atomic E-state index is 0. The summed E-state index contributed by atoms with van der Waals surface area (Å²) in [5.74, 6) is -8.63. The van der Waals surface area contributed by atoms with Gasteiger partial charge in [-0.2, -0.15) is 0 Å². The summed E-state index contributed by atoms with van der Waals surface area (Å²) in [4.78, 5) is 50.5. The van der Waals surface area contributed by atoms with Crippen molar-refractivity contribution in [3.8, 4) is 0 Å². The summed E-state index contributed by atoms with van der Waals surface area (Å²) in [6, 6.07) is 0. The van der Waals surface area contributed by atoms with Gasteiger partial charge in [-0.15, -0.1) is 0 Å². The molecule has 0 saturated carbocycles. The van der Waals surface area contributed by atoms with E-state index >= 15 is 0 Å². The first-order valence-corrected chi connectivity index (χ1v) is 17.4. The number of aliphatic carboxylic acids is 5. The molecule has 20 atom stereocenters. The van der Waals surface area contributed by atoms with Gasteiger partial charge in [0.1, 0.15) is 91.6 Å². The van der Waals surface area contributed by atoms with Crippen LogP contribution in [0.5, 0.6) is 0 Å².